The summed E-state index contributed by atoms with van der Waals surface area (Å²) in [7, 11) is 0. The van der Waals surface area contributed by atoms with Crippen molar-refractivity contribution >= 4 is 11.6 Å². The zero-order chi connectivity index (χ0) is 15.4. The average Bonchev–Trinajstić information content (AvgIpc) is 2.58. The second-order valence-corrected chi connectivity index (χ2v) is 6.28. The molecular weight excluding hydrogens is 292 g/mol. The van der Waals surface area contributed by atoms with Gasteiger partial charge in [-0.2, -0.15) is 0 Å². The first-order chi connectivity index (χ1) is 10.8. The zero-order valence-corrected chi connectivity index (χ0v) is 13.8. The van der Waals surface area contributed by atoms with Crippen molar-refractivity contribution in [3.63, 3.8) is 0 Å². The highest BCUT2D eigenvalue weighted by atomic mass is 35.5. The Morgan fingerprint density at radius 1 is 0.955 bits per heavy atom. The minimum absolute atomic E-state index is 0.529. The lowest BCUT2D eigenvalue weighted by atomic mass is 9.98. The van der Waals surface area contributed by atoms with E-state index in [1.165, 1.54) is 16.7 Å². The maximum Gasteiger partial charge on any atom is 0.0406 e. The van der Waals surface area contributed by atoms with Crippen LogP contribution >= 0.6 is 11.6 Å². The van der Waals surface area contributed by atoms with E-state index in [0.717, 1.165) is 37.6 Å². The van der Waals surface area contributed by atoms with E-state index in [1.54, 1.807) is 0 Å². The van der Waals surface area contributed by atoms with Crippen molar-refractivity contribution in [2.75, 3.05) is 26.2 Å². The van der Waals surface area contributed by atoms with Crippen LogP contribution in [0.5, 0.6) is 0 Å². The van der Waals surface area contributed by atoms with Crippen molar-refractivity contribution in [2.45, 2.75) is 19.4 Å². The molecule has 1 aliphatic rings. The van der Waals surface area contributed by atoms with Crippen LogP contribution in [0.25, 0.3) is 11.1 Å². The van der Waals surface area contributed by atoms with E-state index in [0.29, 0.717) is 6.04 Å². The lowest BCUT2D eigenvalue weighted by Gasteiger charge is -2.34. The molecule has 0 amide bonds. The molecule has 0 saturated carbocycles. The van der Waals surface area contributed by atoms with Gasteiger partial charge in [0.2, 0.25) is 0 Å². The second-order valence-electron chi connectivity index (χ2n) is 5.84. The molecule has 1 saturated heterocycles. The van der Waals surface area contributed by atoms with E-state index in [-0.39, 0.29) is 0 Å². The Bertz CT molecular complexity index is 586. The van der Waals surface area contributed by atoms with E-state index in [2.05, 4.69) is 53.5 Å². The number of piperazine rings is 1. The summed E-state index contributed by atoms with van der Waals surface area (Å²) in [5.74, 6) is 0. The van der Waals surface area contributed by atoms with Gasteiger partial charge in [0.05, 0.1) is 0 Å². The predicted octanol–water partition coefficient (Wildman–Crippen LogP) is 4.36. The molecule has 2 aromatic rings. The van der Waals surface area contributed by atoms with E-state index in [4.69, 9.17) is 11.6 Å². The number of hydrogen-bond acceptors (Lipinski definition) is 2. The third-order valence-corrected chi connectivity index (χ3v) is 4.70. The Hall–Kier alpha value is -1.35. The maximum atomic E-state index is 5.96. The van der Waals surface area contributed by atoms with Gasteiger partial charge in [-0.1, -0.05) is 54.9 Å². The fourth-order valence-corrected chi connectivity index (χ4v) is 3.36. The molecule has 2 nitrogen and oxygen atoms in total. The van der Waals surface area contributed by atoms with Crippen LogP contribution < -0.4 is 5.32 Å². The molecule has 1 fully saturated rings. The highest BCUT2D eigenvalue weighted by molar-refractivity contribution is 6.30. The average molecular weight is 315 g/mol. The highest BCUT2D eigenvalue weighted by Gasteiger charge is 2.20. The van der Waals surface area contributed by atoms with Gasteiger partial charge in [-0.15, -0.1) is 0 Å². The fourth-order valence-electron chi connectivity index (χ4n) is 3.24. The summed E-state index contributed by atoms with van der Waals surface area (Å²) in [6.45, 7) is 6.74. The smallest absolute Gasteiger partial charge is 0.0406 e. The summed E-state index contributed by atoms with van der Waals surface area (Å²) in [6, 6.07) is 17.6. The summed E-state index contributed by atoms with van der Waals surface area (Å²) in [5.41, 5.74) is 3.88. The van der Waals surface area contributed by atoms with E-state index < -0.39 is 0 Å². The standard InChI is InChI=1S/C19H23ClN2/c1-2-19(22-13-11-21-12-14-22)17-5-3-15(4-6-17)16-7-9-18(20)10-8-16/h3-10,19,21H,2,11-14H2,1H3. The molecule has 1 N–H and O–H groups in total. The molecule has 3 heteroatoms. The third kappa shape index (κ3) is 3.52. The van der Waals surface area contributed by atoms with Crippen LogP contribution in [0.3, 0.4) is 0 Å². The molecule has 0 aliphatic carbocycles. The van der Waals surface area contributed by atoms with Gasteiger partial charge in [0.1, 0.15) is 0 Å². The van der Waals surface area contributed by atoms with Gasteiger partial charge < -0.3 is 5.32 Å². The summed E-state index contributed by atoms with van der Waals surface area (Å²) < 4.78 is 0. The van der Waals surface area contributed by atoms with Crippen LogP contribution in [-0.4, -0.2) is 31.1 Å². The van der Waals surface area contributed by atoms with E-state index in [1.807, 2.05) is 12.1 Å². The number of nitrogens with zero attached hydrogens (tertiary/aromatic N) is 1. The van der Waals surface area contributed by atoms with Crippen LogP contribution in [-0.2, 0) is 0 Å². The van der Waals surface area contributed by atoms with Crippen molar-refractivity contribution < 1.29 is 0 Å². The molecule has 1 atom stereocenters. The highest BCUT2D eigenvalue weighted by Crippen LogP contribution is 2.28. The zero-order valence-electron chi connectivity index (χ0n) is 13.1. The fraction of sp³-hybridized carbons (Fsp3) is 0.368. The molecule has 0 aromatic heterocycles. The van der Waals surface area contributed by atoms with Crippen molar-refractivity contribution in [1.29, 1.82) is 0 Å². The second kappa shape index (κ2) is 7.28. The van der Waals surface area contributed by atoms with Gasteiger partial charge in [0.25, 0.3) is 0 Å². The largest absolute Gasteiger partial charge is 0.314 e. The summed E-state index contributed by atoms with van der Waals surface area (Å²) in [4.78, 5) is 2.59. The number of rotatable bonds is 4. The van der Waals surface area contributed by atoms with Crippen molar-refractivity contribution in [1.82, 2.24) is 10.2 Å². The van der Waals surface area contributed by atoms with E-state index in [9.17, 15) is 0 Å². The Labute approximate surface area is 138 Å². The number of halogens is 1. The van der Waals surface area contributed by atoms with Gasteiger partial charge >= 0.3 is 0 Å². The number of benzene rings is 2. The first kappa shape index (κ1) is 15.5. The van der Waals surface area contributed by atoms with Crippen molar-refractivity contribution in [3.8, 4) is 11.1 Å². The lowest BCUT2D eigenvalue weighted by Crippen LogP contribution is -2.45. The minimum atomic E-state index is 0.529. The monoisotopic (exact) mass is 314 g/mol. The van der Waals surface area contributed by atoms with Gasteiger partial charge in [0.15, 0.2) is 0 Å². The molecule has 1 aliphatic heterocycles. The first-order valence-corrected chi connectivity index (χ1v) is 8.46. The molecule has 116 valence electrons. The molecule has 3 rings (SSSR count). The lowest BCUT2D eigenvalue weighted by molar-refractivity contribution is 0.169. The van der Waals surface area contributed by atoms with Gasteiger partial charge in [-0.25, -0.2) is 0 Å². The number of hydrogen-bond donors (Lipinski definition) is 1. The topological polar surface area (TPSA) is 15.3 Å². The Balaban J connectivity index is 1.78. The quantitative estimate of drug-likeness (QED) is 0.902. The summed E-state index contributed by atoms with van der Waals surface area (Å²) >= 11 is 5.96. The van der Waals surface area contributed by atoms with Crippen LogP contribution in [0.15, 0.2) is 48.5 Å². The first-order valence-electron chi connectivity index (χ1n) is 8.08. The molecule has 22 heavy (non-hydrogen) atoms. The van der Waals surface area contributed by atoms with E-state index >= 15 is 0 Å². The van der Waals surface area contributed by atoms with Gasteiger partial charge in [0, 0.05) is 37.2 Å². The van der Waals surface area contributed by atoms with Crippen LogP contribution in [0.1, 0.15) is 24.9 Å². The summed E-state index contributed by atoms with van der Waals surface area (Å²) in [5, 5.41) is 4.21. The van der Waals surface area contributed by atoms with Crippen molar-refractivity contribution in [2.24, 2.45) is 0 Å². The maximum absolute atomic E-state index is 5.96. The summed E-state index contributed by atoms with van der Waals surface area (Å²) in [6.07, 6.45) is 1.15. The Morgan fingerprint density at radius 2 is 1.50 bits per heavy atom. The molecule has 0 bridgehead atoms. The molecule has 1 unspecified atom stereocenters. The molecule has 1 heterocycles. The van der Waals surface area contributed by atoms with Crippen LogP contribution in [0, 0.1) is 0 Å². The van der Waals surface area contributed by atoms with Crippen LogP contribution in [0.2, 0.25) is 5.02 Å². The minimum Gasteiger partial charge on any atom is -0.314 e. The Morgan fingerprint density at radius 3 is 2.05 bits per heavy atom. The van der Waals surface area contributed by atoms with Gasteiger partial charge in [-0.3, -0.25) is 4.90 Å². The third-order valence-electron chi connectivity index (χ3n) is 4.45. The number of nitrogens with one attached hydrogen (secondary N) is 1. The molecule has 0 radical (unpaired) electrons. The SMILES string of the molecule is CCC(c1ccc(-c2ccc(Cl)cc2)cc1)N1CCNCC1. The molecule has 2 aromatic carbocycles. The normalized spacial score (nSPS) is 17.4. The van der Waals surface area contributed by atoms with Crippen LogP contribution in [0.4, 0.5) is 0 Å². The molecular formula is C19H23ClN2. The van der Waals surface area contributed by atoms with Gasteiger partial charge in [-0.05, 0) is 35.2 Å². The predicted molar refractivity (Wildman–Crippen MR) is 94.4 cm³/mol. The Kier molecular flexibility index (Phi) is 5.14. The molecule has 0 spiro atoms. The van der Waals surface area contributed by atoms with Crippen molar-refractivity contribution in [3.05, 3.63) is 59.1 Å².